The highest BCUT2D eigenvalue weighted by Gasteiger charge is 2.28. The van der Waals surface area contributed by atoms with Crippen LogP contribution in [0.4, 0.5) is 5.69 Å². The molecule has 0 aliphatic heterocycles. The molecule has 0 bridgehead atoms. The number of carboxylic acid groups (broad SMARTS) is 1. The number of halogens is 1. The number of aromatic carboxylic acids is 1. The number of carboxylic acids is 1. The number of thiocarbonyl (C=S) groups is 1. The Labute approximate surface area is 220 Å². The number of nitrogens with zero attached hydrogens (tertiary/aromatic N) is 1. The standard InChI is InChI=1S/C27H21BrN4O3S/c28-19-11-5-7-13-21(19)30-27(36)31-22(14-16-8-2-1-3-9-16)25-32-23(26(33)34)24(35-25)18-15-29-20-12-6-4-10-17(18)20/h1-13,15,22,29H,14H2,(H,33,34)(H2,30,31,36)/t22-/m0/s1. The van der Waals surface area contributed by atoms with Crippen LogP contribution in [0.15, 0.2) is 93.9 Å². The van der Waals surface area contributed by atoms with E-state index in [1.54, 1.807) is 6.20 Å². The molecule has 7 nitrogen and oxygen atoms in total. The van der Waals surface area contributed by atoms with Gasteiger partial charge < -0.3 is 25.1 Å². The Morgan fingerprint density at radius 1 is 1.06 bits per heavy atom. The molecule has 3 aromatic carbocycles. The van der Waals surface area contributed by atoms with E-state index >= 15 is 0 Å². The lowest BCUT2D eigenvalue weighted by Gasteiger charge is -2.19. The van der Waals surface area contributed by atoms with E-state index in [2.05, 4.69) is 36.5 Å². The van der Waals surface area contributed by atoms with Crippen LogP contribution in [0, 0.1) is 0 Å². The summed E-state index contributed by atoms with van der Waals surface area (Å²) in [6.45, 7) is 0. The van der Waals surface area contributed by atoms with Gasteiger partial charge in [-0.2, -0.15) is 0 Å². The van der Waals surface area contributed by atoms with Crippen LogP contribution >= 0.6 is 28.1 Å². The van der Waals surface area contributed by atoms with E-state index in [0.717, 1.165) is 26.6 Å². The predicted molar refractivity (Wildman–Crippen MR) is 147 cm³/mol. The molecular formula is C27H21BrN4O3S. The van der Waals surface area contributed by atoms with Crippen molar-refractivity contribution in [2.24, 2.45) is 0 Å². The van der Waals surface area contributed by atoms with Gasteiger partial charge in [0.25, 0.3) is 0 Å². The van der Waals surface area contributed by atoms with Crippen LogP contribution in [0.2, 0.25) is 0 Å². The molecule has 1 atom stereocenters. The second-order valence-electron chi connectivity index (χ2n) is 8.10. The highest BCUT2D eigenvalue weighted by atomic mass is 79.9. The number of hydrogen-bond acceptors (Lipinski definition) is 4. The van der Waals surface area contributed by atoms with Crippen molar-refractivity contribution in [1.29, 1.82) is 0 Å². The molecule has 0 radical (unpaired) electrons. The topological polar surface area (TPSA) is 103 Å². The van der Waals surface area contributed by atoms with Crippen molar-refractivity contribution in [1.82, 2.24) is 15.3 Å². The maximum absolute atomic E-state index is 12.2. The fourth-order valence-electron chi connectivity index (χ4n) is 4.00. The molecule has 36 heavy (non-hydrogen) atoms. The Kier molecular flexibility index (Phi) is 6.84. The third-order valence-electron chi connectivity index (χ3n) is 5.69. The Morgan fingerprint density at radius 2 is 1.78 bits per heavy atom. The van der Waals surface area contributed by atoms with Crippen molar-refractivity contribution in [2.75, 3.05) is 5.32 Å². The molecule has 0 amide bonds. The first-order valence-electron chi connectivity index (χ1n) is 11.2. The van der Waals surface area contributed by atoms with Gasteiger partial charge in [0, 0.05) is 33.6 Å². The Morgan fingerprint density at radius 3 is 2.56 bits per heavy atom. The zero-order chi connectivity index (χ0) is 25.1. The number of aromatic nitrogens is 2. The third kappa shape index (κ3) is 5.02. The molecular weight excluding hydrogens is 540 g/mol. The zero-order valence-electron chi connectivity index (χ0n) is 18.9. The van der Waals surface area contributed by atoms with Gasteiger partial charge in [0.15, 0.2) is 16.6 Å². The van der Waals surface area contributed by atoms with Gasteiger partial charge in [-0.05, 0) is 51.9 Å². The average molecular weight is 561 g/mol. The third-order valence-corrected chi connectivity index (χ3v) is 6.60. The molecule has 0 spiro atoms. The molecule has 180 valence electrons. The average Bonchev–Trinajstić information content (AvgIpc) is 3.50. The molecule has 5 rings (SSSR count). The Bertz CT molecular complexity index is 1550. The second kappa shape index (κ2) is 10.3. The van der Waals surface area contributed by atoms with Crippen molar-refractivity contribution in [2.45, 2.75) is 12.5 Å². The number of carbonyl (C=O) groups is 1. The van der Waals surface area contributed by atoms with Crippen LogP contribution in [0.5, 0.6) is 0 Å². The molecule has 0 fully saturated rings. The summed E-state index contributed by atoms with van der Waals surface area (Å²) in [5, 5.41) is 17.6. The molecule has 4 N–H and O–H groups in total. The molecule has 0 unspecified atom stereocenters. The fraction of sp³-hybridized carbons (Fsp3) is 0.0741. The largest absolute Gasteiger partial charge is 0.476 e. The van der Waals surface area contributed by atoms with Gasteiger partial charge in [0.05, 0.1) is 5.69 Å². The summed E-state index contributed by atoms with van der Waals surface area (Å²) in [7, 11) is 0. The summed E-state index contributed by atoms with van der Waals surface area (Å²) in [6, 6.07) is 24.5. The second-order valence-corrected chi connectivity index (χ2v) is 9.37. The minimum Gasteiger partial charge on any atom is -0.476 e. The van der Waals surface area contributed by atoms with Gasteiger partial charge >= 0.3 is 5.97 Å². The van der Waals surface area contributed by atoms with Crippen molar-refractivity contribution >= 4 is 55.8 Å². The van der Waals surface area contributed by atoms with Crippen LogP contribution in [0.3, 0.4) is 0 Å². The van der Waals surface area contributed by atoms with Crippen molar-refractivity contribution in [3.8, 4) is 11.3 Å². The zero-order valence-corrected chi connectivity index (χ0v) is 21.3. The molecule has 0 aliphatic rings. The first-order valence-corrected chi connectivity index (χ1v) is 12.4. The quantitative estimate of drug-likeness (QED) is 0.167. The van der Waals surface area contributed by atoms with Crippen LogP contribution < -0.4 is 10.6 Å². The van der Waals surface area contributed by atoms with E-state index in [-0.39, 0.29) is 17.3 Å². The van der Waals surface area contributed by atoms with Crippen LogP contribution in [0.1, 0.15) is 28.0 Å². The number of oxazole rings is 1. The smallest absolute Gasteiger partial charge is 0.358 e. The number of benzene rings is 3. The maximum atomic E-state index is 12.2. The van der Waals surface area contributed by atoms with Crippen molar-refractivity contribution in [3.05, 3.63) is 107 Å². The molecule has 5 aromatic rings. The molecule has 9 heteroatoms. The van der Waals surface area contributed by atoms with Crippen molar-refractivity contribution < 1.29 is 14.3 Å². The minimum absolute atomic E-state index is 0.153. The number of anilines is 1. The highest BCUT2D eigenvalue weighted by Crippen LogP contribution is 2.34. The van der Waals surface area contributed by atoms with Gasteiger partial charge in [0.1, 0.15) is 6.04 Å². The van der Waals surface area contributed by atoms with Crippen LogP contribution in [-0.4, -0.2) is 26.2 Å². The first-order chi connectivity index (χ1) is 17.5. The molecule has 0 aliphatic carbocycles. The summed E-state index contributed by atoms with van der Waals surface area (Å²) in [5.41, 5.74) is 3.17. The van der Waals surface area contributed by atoms with E-state index in [9.17, 15) is 9.90 Å². The van der Waals surface area contributed by atoms with Crippen LogP contribution in [-0.2, 0) is 6.42 Å². The van der Waals surface area contributed by atoms with Crippen molar-refractivity contribution in [3.63, 3.8) is 0 Å². The lowest BCUT2D eigenvalue weighted by Crippen LogP contribution is -2.33. The summed E-state index contributed by atoms with van der Waals surface area (Å²) in [4.78, 5) is 19.7. The van der Waals surface area contributed by atoms with E-state index in [4.69, 9.17) is 16.6 Å². The lowest BCUT2D eigenvalue weighted by atomic mass is 10.1. The normalized spacial score (nSPS) is 11.8. The highest BCUT2D eigenvalue weighted by molar-refractivity contribution is 9.10. The minimum atomic E-state index is -1.17. The summed E-state index contributed by atoms with van der Waals surface area (Å²) >= 11 is 9.10. The van der Waals surface area contributed by atoms with Gasteiger partial charge in [-0.15, -0.1) is 0 Å². The Hall–Kier alpha value is -3.95. The Balaban J connectivity index is 1.52. The number of para-hydroxylation sites is 2. The monoisotopic (exact) mass is 560 g/mol. The molecule has 0 saturated heterocycles. The lowest BCUT2D eigenvalue weighted by molar-refractivity contribution is 0.0691. The number of H-pyrrole nitrogens is 1. The number of rotatable bonds is 7. The fourth-order valence-corrected chi connectivity index (χ4v) is 4.64. The number of hydrogen-bond donors (Lipinski definition) is 4. The van der Waals surface area contributed by atoms with Gasteiger partial charge in [0.2, 0.25) is 5.89 Å². The number of nitrogens with one attached hydrogen (secondary N) is 3. The van der Waals surface area contributed by atoms with Gasteiger partial charge in [-0.1, -0.05) is 60.7 Å². The van der Waals surface area contributed by atoms with E-state index in [1.807, 2.05) is 78.9 Å². The summed E-state index contributed by atoms with van der Waals surface area (Å²) in [6.07, 6.45) is 2.21. The SMILES string of the molecule is O=C(O)c1nc([C@H](Cc2ccccc2)NC(=S)Nc2ccccc2Br)oc1-c1c[nH]c2ccccc12. The summed E-state index contributed by atoms with van der Waals surface area (Å²) in [5.74, 6) is -0.745. The van der Waals surface area contributed by atoms with E-state index < -0.39 is 12.0 Å². The number of aromatic amines is 1. The summed E-state index contributed by atoms with van der Waals surface area (Å²) < 4.78 is 7.03. The first kappa shape index (κ1) is 23.8. The van der Waals surface area contributed by atoms with E-state index in [1.165, 1.54) is 0 Å². The molecule has 0 saturated carbocycles. The van der Waals surface area contributed by atoms with Gasteiger partial charge in [-0.25, -0.2) is 9.78 Å². The van der Waals surface area contributed by atoms with E-state index in [0.29, 0.717) is 17.1 Å². The van der Waals surface area contributed by atoms with Gasteiger partial charge in [-0.3, -0.25) is 0 Å². The van der Waals surface area contributed by atoms with Crippen LogP contribution in [0.25, 0.3) is 22.2 Å². The maximum Gasteiger partial charge on any atom is 0.358 e. The number of fused-ring (bicyclic) bond motifs is 1. The molecule has 2 aromatic heterocycles. The molecule has 2 heterocycles. The predicted octanol–water partition coefficient (Wildman–Crippen LogP) is 6.55.